The highest BCUT2D eigenvalue weighted by Gasteiger charge is 2.18. The topological polar surface area (TPSA) is 102 Å². The molecule has 0 fully saturated rings. The Bertz CT molecular complexity index is 1530. The van der Waals surface area contributed by atoms with Gasteiger partial charge in [0, 0.05) is 14.0 Å². The standard InChI is InChI=1S/C24H22N8O2/c1-15-25-29(3)23(33)31(27-15)21-11-17-5-7-19-10-20(8-6-18(9-17)12-21)14-22(13-19)32-24(34)30(4)26-16(2)28-32/h5-14H,1-4H3. The molecule has 2 amide bonds. The molecule has 2 heterocycles. The molecule has 0 saturated carbocycles. The van der Waals surface area contributed by atoms with Crippen LogP contribution in [0.2, 0.25) is 0 Å². The first-order valence-corrected chi connectivity index (χ1v) is 10.6. The van der Waals surface area contributed by atoms with E-state index in [1.807, 2.05) is 60.7 Å². The van der Waals surface area contributed by atoms with Gasteiger partial charge in [-0.05, 0) is 64.9 Å². The van der Waals surface area contributed by atoms with Crippen LogP contribution in [-0.4, -0.2) is 38.8 Å². The van der Waals surface area contributed by atoms with Crippen LogP contribution in [0, 0.1) is 6.92 Å². The molecular weight excluding hydrogens is 432 g/mol. The smallest absolute Gasteiger partial charge is 0.374 e. The zero-order chi connectivity index (χ0) is 24.0. The van der Waals surface area contributed by atoms with Gasteiger partial charge in [0.15, 0.2) is 5.69 Å². The summed E-state index contributed by atoms with van der Waals surface area (Å²) in [6.45, 7) is 3.49. The summed E-state index contributed by atoms with van der Waals surface area (Å²) in [7, 11) is 3.20. The van der Waals surface area contributed by atoms with Gasteiger partial charge in [-0.15, -0.1) is 0 Å². The van der Waals surface area contributed by atoms with E-state index in [-0.39, 0.29) is 11.7 Å². The molecular formula is C24H22N8O2. The Balaban J connectivity index is 1.68. The van der Waals surface area contributed by atoms with Crippen LogP contribution in [0.5, 0.6) is 0 Å². The molecule has 0 N–H and O–H groups in total. The first-order chi connectivity index (χ1) is 16.3. The number of aryl methyl sites for hydroxylation is 2. The number of carbonyl (C=O) groups excluding carboxylic acids is 1. The number of aromatic nitrogens is 4. The molecule has 1 aliphatic heterocycles. The number of carbonyl (C=O) groups is 1. The molecule has 0 aliphatic carbocycles. The maximum Gasteiger partial charge on any atom is 0.544 e. The molecule has 170 valence electrons. The predicted molar refractivity (Wildman–Crippen MR) is 129 cm³/mol. The van der Waals surface area contributed by atoms with Gasteiger partial charge in [-0.2, -0.15) is 4.79 Å². The first kappa shape index (κ1) is 21.3. The van der Waals surface area contributed by atoms with Gasteiger partial charge in [-0.3, -0.25) is 5.01 Å². The van der Waals surface area contributed by atoms with E-state index in [0.717, 1.165) is 21.5 Å². The minimum Gasteiger partial charge on any atom is -0.374 e. The molecule has 1 aliphatic rings. The summed E-state index contributed by atoms with van der Waals surface area (Å²) in [4.78, 5) is 25.3. The van der Waals surface area contributed by atoms with Crippen LogP contribution in [-0.2, 0) is 7.05 Å². The molecule has 4 bridgehead atoms. The van der Waals surface area contributed by atoms with Gasteiger partial charge >= 0.3 is 11.7 Å². The number of amidine groups is 1. The summed E-state index contributed by atoms with van der Waals surface area (Å²) in [6, 6.07) is 19.1. The zero-order valence-electron chi connectivity index (χ0n) is 19.2. The molecule has 3 aromatic carbocycles. The lowest BCUT2D eigenvalue weighted by Crippen LogP contribution is -2.55. The Hall–Kier alpha value is -4.60. The largest absolute Gasteiger partial charge is 0.544 e. The van der Waals surface area contributed by atoms with Crippen molar-refractivity contribution in [2.45, 2.75) is 13.8 Å². The van der Waals surface area contributed by atoms with Crippen LogP contribution < -0.4 is 15.4 Å². The van der Waals surface area contributed by atoms with Crippen LogP contribution in [0.1, 0.15) is 12.7 Å². The normalized spacial score (nSPS) is 13.8. The fourth-order valence-electron chi connectivity index (χ4n) is 3.88. The summed E-state index contributed by atoms with van der Waals surface area (Å²) in [6.07, 6.45) is 0. The molecule has 5 rings (SSSR count). The number of fused-ring (bicyclic) bond motifs is 4. The number of hydrogen-bond acceptors (Lipinski definition) is 5. The van der Waals surface area contributed by atoms with E-state index in [0.29, 0.717) is 23.0 Å². The Morgan fingerprint density at radius 2 is 1.35 bits per heavy atom. The van der Waals surface area contributed by atoms with Crippen molar-refractivity contribution in [1.82, 2.24) is 19.9 Å². The minimum absolute atomic E-state index is 0.331. The van der Waals surface area contributed by atoms with Gasteiger partial charge in [-0.25, -0.2) is 4.79 Å². The van der Waals surface area contributed by atoms with Crippen LogP contribution in [0.3, 0.4) is 0 Å². The molecule has 10 nitrogen and oxygen atoms in total. The maximum atomic E-state index is 12.6. The number of hydrazone groups is 1. The SMILES string of the molecule is CC1=NN(C)C(=O)N(c2cc3ccc4cc(-n5nc(C)n[n+](C)c5=O)cc(ccc(c2)c3)c4)[N-]1. The third-order valence-electron chi connectivity index (χ3n) is 5.35. The quantitative estimate of drug-likeness (QED) is 0.434. The Kier molecular flexibility index (Phi) is 5.05. The average Bonchev–Trinajstić information content (AvgIpc) is 2.80. The van der Waals surface area contributed by atoms with Crippen molar-refractivity contribution >= 4 is 39.1 Å². The van der Waals surface area contributed by atoms with Crippen molar-refractivity contribution in [2.75, 3.05) is 12.1 Å². The molecule has 1 aromatic heterocycles. The second kappa shape index (κ2) is 8.07. The summed E-state index contributed by atoms with van der Waals surface area (Å²) in [5, 5.41) is 18.7. The van der Waals surface area contributed by atoms with E-state index in [9.17, 15) is 9.59 Å². The second-order valence-corrected chi connectivity index (χ2v) is 8.11. The number of rotatable bonds is 2. The van der Waals surface area contributed by atoms with Gasteiger partial charge in [0.05, 0.1) is 5.69 Å². The summed E-state index contributed by atoms with van der Waals surface area (Å²) in [5.41, 5.74) is 5.27. The monoisotopic (exact) mass is 454 g/mol. The number of hydrogen-bond donors (Lipinski definition) is 0. The number of amides is 2. The van der Waals surface area contributed by atoms with Crippen molar-refractivity contribution in [3.63, 3.8) is 0 Å². The van der Waals surface area contributed by atoms with Gasteiger partial charge in [0.25, 0.3) is 0 Å². The van der Waals surface area contributed by atoms with Crippen molar-refractivity contribution in [3.05, 3.63) is 82.4 Å². The molecule has 4 aromatic rings. The van der Waals surface area contributed by atoms with E-state index in [2.05, 4.69) is 20.7 Å². The Morgan fingerprint density at radius 3 is 1.91 bits per heavy atom. The van der Waals surface area contributed by atoms with Crippen LogP contribution in [0.25, 0.3) is 32.7 Å². The van der Waals surface area contributed by atoms with E-state index in [4.69, 9.17) is 0 Å². The van der Waals surface area contributed by atoms with Crippen molar-refractivity contribution in [2.24, 2.45) is 12.1 Å². The zero-order valence-corrected chi connectivity index (χ0v) is 19.2. The van der Waals surface area contributed by atoms with Gasteiger partial charge < -0.3 is 15.5 Å². The highest BCUT2D eigenvalue weighted by Crippen LogP contribution is 2.27. The highest BCUT2D eigenvalue weighted by molar-refractivity contribution is 6.08. The first-order valence-electron chi connectivity index (χ1n) is 10.6. The predicted octanol–water partition coefficient (Wildman–Crippen LogP) is 3.12. The summed E-state index contributed by atoms with van der Waals surface area (Å²) in [5.74, 6) is 0.986. The number of anilines is 1. The molecule has 34 heavy (non-hydrogen) atoms. The van der Waals surface area contributed by atoms with E-state index in [1.165, 1.54) is 19.4 Å². The molecule has 0 atom stereocenters. The van der Waals surface area contributed by atoms with Gasteiger partial charge in [0.1, 0.15) is 7.05 Å². The van der Waals surface area contributed by atoms with E-state index >= 15 is 0 Å². The summed E-state index contributed by atoms with van der Waals surface area (Å²) >= 11 is 0. The van der Waals surface area contributed by atoms with E-state index in [1.54, 1.807) is 27.9 Å². The third-order valence-corrected chi connectivity index (χ3v) is 5.35. The Morgan fingerprint density at radius 1 is 0.824 bits per heavy atom. The fourth-order valence-corrected chi connectivity index (χ4v) is 3.88. The molecule has 0 radical (unpaired) electrons. The van der Waals surface area contributed by atoms with Crippen LogP contribution in [0.15, 0.2) is 70.6 Å². The second-order valence-electron chi connectivity index (χ2n) is 8.11. The number of urea groups is 1. The van der Waals surface area contributed by atoms with Crippen molar-refractivity contribution in [1.29, 1.82) is 0 Å². The van der Waals surface area contributed by atoms with Gasteiger partial charge in [-0.1, -0.05) is 49.7 Å². The number of nitrogens with zero attached hydrogens (tertiary/aromatic N) is 8. The lowest BCUT2D eigenvalue weighted by atomic mass is 10.1. The minimum atomic E-state index is -0.331. The maximum absolute atomic E-state index is 12.6. The third kappa shape index (κ3) is 3.96. The fraction of sp³-hybridized carbons (Fsp3) is 0.167. The lowest BCUT2D eigenvalue weighted by Gasteiger charge is -2.39. The average molecular weight is 454 g/mol. The molecule has 0 unspecified atom stereocenters. The summed E-state index contributed by atoms with van der Waals surface area (Å²) < 4.78 is 2.62. The molecule has 0 saturated heterocycles. The van der Waals surface area contributed by atoms with Gasteiger partial charge in [0.2, 0.25) is 5.82 Å². The van der Waals surface area contributed by atoms with Crippen LogP contribution in [0.4, 0.5) is 10.5 Å². The Labute approximate surface area is 195 Å². The molecule has 10 heteroatoms. The molecule has 0 spiro atoms. The lowest BCUT2D eigenvalue weighted by molar-refractivity contribution is -0.750. The van der Waals surface area contributed by atoms with Crippen molar-refractivity contribution < 1.29 is 9.48 Å². The van der Waals surface area contributed by atoms with Crippen LogP contribution >= 0.6 is 0 Å². The number of benzene rings is 2. The highest BCUT2D eigenvalue weighted by atomic mass is 16.2. The van der Waals surface area contributed by atoms with Crippen molar-refractivity contribution in [3.8, 4) is 5.69 Å². The van der Waals surface area contributed by atoms with E-state index < -0.39 is 0 Å².